The largest absolute Gasteiger partial charge is 0.245 e. The lowest BCUT2D eigenvalue weighted by Crippen LogP contribution is -2.09. The van der Waals surface area contributed by atoms with Crippen LogP contribution in [0.5, 0.6) is 0 Å². The Balaban J connectivity index is 1.79. The van der Waals surface area contributed by atoms with Gasteiger partial charge in [0.15, 0.2) is 21.5 Å². The summed E-state index contributed by atoms with van der Waals surface area (Å²) in [5.41, 5.74) is 1.61. The van der Waals surface area contributed by atoms with Gasteiger partial charge in [0.05, 0.1) is 10.6 Å². The maximum absolute atomic E-state index is 11.7. The van der Waals surface area contributed by atoms with Gasteiger partial charge in [0.1, 0.15) is 19.2 Å². The highest BCUT2D eigenvalue weighted by Gasteiger charge is 2.15. The molecule has 0 unspecified atom stereocenters. The molecule has 0 N–H and O–H groups in total. The molecule has 9 heteroatoms. The maximum atomic E-state index is 11.7. The molecule has 4 aromatic rings. The van der Waals surface area contributed by atoms with E-state index in [-0.39, 0.29) is 4.90 Å². The number of hydrogen-bond donors (Lipinski definition) is 0. The predicted octanol–water partition coefficient (Wildman–Crippen LogP) is 1.98. The second-order valence-corrected chi connectivity index (χ2v) is 8.00. The number of hydrogen-bond acceptors (Lipinski definition) is 6. The van der Waals surface area contributed by atoms with Crippen molar-refractivity contribution in [3.8, 4) is 17.1 Å². The fourth-order valence-corrected chi connectivity index (χ4v) is 3.29. The Morgan fingerprint density at radius 3 is 2.37 bits per heavy atom. The molecule has 0 spiro atoms. The van der Waals surface area contributed by atoms with Gasteiger partial charge in [0.25, 0.3) is 0 Å². The molecular weight excluding hydrogens is 364 g/mol. The first-order valence-electron chi connectivity index (χ1n) is 8.15. The third-order valence-corrected chi connectivity index (χ3v) is 5.11. The van der Waals surface area contributed by atoms with E-state index >= 15 is 0 Å². The molecule has 0 saturated carbocycles. The first-order valence-corrected chi connectivity index (χ1v) is 10.0. The van der Waals surface area contributed by atoms with E-state index in [1.807, 2.05) is 30.3 Å². The van der Waals surface area contributed by atoms with Gasteiger partial charge in [0, 0.05) is 11.8 Å². The number of sulfone groups is 1. The van der Waals surface area contributed by atoms with Gasteiger partial charge in [-0.25, -0.2) is 27.7 Å². The average Bonchev–Trinajstić information content (AvgIpc) is 3.32. The van der Waals surface area contributed by atoms with Crippen molar-refractivity contribution in [3.05, 3.63) is 73.1 Å². The lowest BCUT2D eigenvalue weighted by Gasteiger charge is -2.06. The average molecular weight is 380 g/mol. The third-order valence-electron chi connectivity index (χ3n) is 3.99. The Hall–Kier alpha value is -3.33. The van der Waals surface area contributed by atoms with Crippen molar-refractivity contribution in [2.75, 3.05) is 6.26 Å². The molecule has 0 radical (unpaired) electrons. The highest BCUT2D eigenvalue weighted by atomic mass is 32.2. The van der Waals surface area contributed by atoms with Gasteiger partial charge in [-0.05, 0) is 24.3 Å². The molecule has 27 heavy (non-hydrogen) atoms. The molecule has 2 aromatic carbocycles. The normalized spacial score (nSPS) is 11.6. The van der Waals surface area contributed by atoms with Crippen molar-refractivity contribution >= 4 is 9.84 Å². The Kier molecular flexibility index (Phi) is 4.28. The minimum Gasteiger partial charge on any atom is -0.245 e. The van der Waals surface area contributed by atoms with Crippen LogP contribution in [-0.4, -0.2) is 44.2 Å². The topological polar surface area (TPSA) is 95.6 Å². The van der Waals surface area contributed by atoms with E-state index < -0.39 is 9.84 Å². The SMILES string of the molecule is CS(=O)(=O)c1ccc(-n2nc(-c3ccccc3)nc2Cn2cncn2)cc1. The quantitative estimate of drug-likeness (QED) is 0.525. The first kappa shape index (κ1) is 17.1. The summed E-state index contributed by atoms with van der Waals surface area (Å²) in [4.78, 5) is 8.86. The summed E-state index contributed by atoms with van der Waals surface area (Å²) in [6.45, 7) is 0.383. The summed E-state index contributed by atoms with van der Waals surface area (Å²) in [5, 5.41) is 8.74. The summed E-state index contributed by atoms with van der Waals surface area (Å²) >= 11 is 0. The summed E-state index contributed by atoms with van der Waals surface area (Å²) < 4.78 is 26.7. The second-order valence-electron chi connectivity index (χ2n) is 5.99. The van der Waals surface area contributed by atoms with Crippen molar-refractivity contribution < 1.29 is 8.42 Å². The van der Waals surface area contributed by atoms with Crippen LogP contribution in [0.2, 0.25) is 0 Å². The molecule has 0 aliphatic rings. The van der Waals surface area contributed by atoms with E-state index in [4.69, 9.17) is 0 Å². The molecule has 0 aliphatic heterocycles. The summed E-state index contributed by atoms with van der Waals surface area (Å²) in [6, 6.07) is 16.2. The Morgan fingerprint density at radius 2 is 1.74 bits per heavy atom. The molecule has 8 nitrogen and oxygen atoms in total. The van der Waals surface area contributed by atoms with E-state index in [1.54, 1.807) is 40.0 Å². The van der Waals surface area contributed by atoms with Gasteiger partial charge in [-0.1, -0.05) is 30.3 Å². The van der Waals surface area contributed by atoms with Crippen molar-refractivity contribution in [2.45, 2.75) is 11.4 Å². The molecule has 0 amide bonds. The van der Waals surface area contributed by atoms with Crippen LogP contribution in [0.3, 0.4) is 0 Å². The number of aromatic nitrogens is 6. The van der Waals surface area contributed by atoms with Crippen molar-refractivity contribution in [1.29, 1.82) is 0 Å². The van der Waals surface area contributed by atoms with Gasteiger partial charge in [-0.2, -0.15) is 5.10 Å². The fourth-order valence-electron chi connectivity index (χ4n) is 2.66. The number of benzene rings is 2. The zero-order valence-electron chi connectivity index (χ0n) is 14.5. The summed E-state index contributed by atoms with van der Waals surface area (Å²) in [6.07, 6.45) is 4.24. The maximum Gasteiger partial charge on any atom is 0.181 e. The van der Waals surface area contributed by atoms with Crippen LogP contribution in [0.25, 0.3) is 17.1 Å². The molecule has 136 valence electrons. The van der Waals surface area contributed by atoms with Crippen LogP contribution in [0.1, 0.15) is 5.82 Å². The molecule has 0 fully saturated rings. The Morgan fingerprint density at radius 1 is 1.00 bits per heavy atom. The van der Waals surface area contributed by atoms with Crippen molar-refractivity contribution in [2.24, 2.45) is 0 Å². The minimum atomic E-state index is -3.26. The Labute approximate surface area is 156 Å². The van der Waals surface area contributed by atoms with Crippen molar-refractivity contribution in [3.63, 3.8) is 0 Å². The van der Waals surface area contributed by atoms with Crippen LogP contribution >= 0.6 is 0 Å². The third kappa shape index (κ3) is 3.63. The second kappa shape index (κ2) is 6.76. The van der Waals surface area contributed by atoms with E-state index in [0.717, 1.165) is 5.56 Å². The monoisotopic (exact) mass is 380 g/mol. The molecule has 2 aromatic heterocycles. The molecule has 0 saturated heterocycles. The smallest absolute Gasteiger partial charge is 0.181 e. The number of rotatable bonds is 5. The molecule has 2 heterocycles. The van der Waals surface area contributed by atoms with Crippen LogP contribution in [-0.2, 0) is 16.4 Å². The summed E-state index contributed by atoms with van der Waals surface area (Å²) in [5.74, 6) is 1.24. The summed E-state index contributed by atoms with van der Waals surface area (Å²) in [7, 11) is -3.26. The van der Waals surface area contributed by atoms with Crippen LogP contribution < -0.4 is 0 Å². The van der Waals surface area contributed by atoms with E-state index in [9.17, 15) is 8.42 Å². The van der Waals surface area contributed by atoms with Crippen LogP contribution in [0.4, 0.5) is 0 Å². The van der Waals surface area contributed by atoms with Gasteiger partial charge in [-0.3, -0.25) is 0 Å². The molecule has 0 atom stereocenters. The molecule has 0 aliphatic carbocycles. The van der Waals surface area contributed by atoms with Gasteiger partial charge >= 0.3 is 0 Å². The zero-order valence-corrected chi connectivity index (χ0v) is 15.3. The van der Waals surface area contributed by atoms with Gasteiger partial charge in [-0.15, -0.1) is 5.10 Å². The van der Waals surface area contributed by atoms with E-state index in [1.165, 1.54) is 12.6 Å². The Bertz CT molecular complexity index is 1150. The highest BCUT2D eigenvalue weighted by molar-refractivity contribution is 7.90. The molecular formula is C18H16N6O2S. The van der Waals surface area contributed by atoms with Gasteiger partial charge < -0.3 is 0 Å². The first-order chi connectivity index (χ1) is 13.0. The number of nitrogens with zero attached hydrogens (tertiary/aromatic N) is 6. The van der Waals surface area contributed by atoms with E-state index in [2.05, 4.69) is 20.2 Å². The molecule has 0 bridgehead atoms. The minimum absolute atomic E-state index is 0.257. The fraction of sp³-hybridized carbons (Fsp3) is 0.111. The predicted molar refractivity (Wildman–Crippen MR) is 99.0 cm³/mol. The van der Waals surface area contributed by atoms with Crippen LogP contribution in [0.15, 0.2) is 72.1 Å². The van der Waals surface area contributed by atoms with Gasteiger partial charge in [0.2, 0.25) is 0 Å². The highest BCUT2D eigenvalue weighted by Crippen LogP contribution is 2.20. The lowest BCUT2D eigenvalue weighted by atomic mass is 10.2. The zero-order chi connectivity index (χ0) is 18.9. The molecule has 4 rings (SSSR count). The lowest BCUT2D eigenvalue weighted by molar-refractivity contribution is 0.602. The van der Waals surface area contributed by atoms with Crippen molar-refractivity contribution in [1.82, 2.24) is 29.5 Å². The van der Waals surface area contributed by atoms with E-state index in [0.29, 0.717) is 23.9 Å². The van der Waals surface area contributed by atoms with Crippen LogP contribution in [0, 0.1) is 0 Å². The standard InChI is InChI=1S/C18H16N6O2S/c1-27(25,26)16-9-7-15(8-10-16)24-17(11-23-13-19-12-20-23)21-18(22-24)14-5-3-2-4-6-14/h2-10,12-13H,11H2,1H3.